The number of hydrogen-bond acceptors (Lipinski definition) is 4. The fourth-order valence-corrected chi connectivity index (χ4v) is 4.22. The summed E-state index contributed by atoms with van der Waals surface area (Å²) in [6, 6.07) is 7.01. The Morgan fingerprint density at radius 2 is 2.10 bits per heavy atom. The van der Waals surface area contributed by atoms with Crippen LogP contribution in [-0.2, 0) is 21.2 Å². The fraction of sp³-hybridized carbons (Fsp3) is 0.500. The third-order valence-electron chi connectivity index (χ3n) is 3.62. The van der Waals surface area contributed by atoms with Crippen LogP contribution in [-0.4, -0.2) is 50.9 Å². The minimum absolute atomic E-state index is 0.0572. The summed E-state index contributed by atoms with van der Waals surface area (Å²) in [7, 11) is 0.247. The molecular formula is C14H19NO4S. The third-order valence-corrected chi connectivity index (χ3v) is 5.37. The topological polar surface area (TPSA) is 63.7 Å². The molecule has 0 saturated carbocycles. The largest absolute Gasteiger partial charge is 0.380 e. The molecule has 6 heteroatoms. The summed E-state index contributed by atoms with van der Waals surface area (Å²) in [6.45, 7) is 0.360. The molecule has 0 spiro atoms. The zero-order valence-electron chi connectivity index (χ0n) is 11.7. The molecule has 1 aromatic rings. The molecule has 2 rings (SSSR count). The first-order valence-electron chi connectivity index (χ1n) is 6.49. The number of nitrogens with zero attached hydrogens (tertiary/aromatic N) is 1. The molecule has 1 aromatic carbocycles. The Morgan fingerprint density at radius 3 is 2.70 bits per heavy atom. The Morgan fingerprint density at radius 1 is 1.40 bits per heavy atom. The van der Waals surface area contributed by atoms with E-state index in [4.69, 9.17) is 4.74 Å². The molecule has 1 atom stereocenters. The number of benzene rings is 1. The number of hydrogen-bond donors (Lipinski definition) is 0. The van der Waals surface area contributed by atoms with Gasteiger partial charge in [0, 0.05) is 25.8 Å². The average Bonchev–Trinajstić information content (AvgIpc) is 2.78. The molecule has 1 saturated heterocycles. The molecule has 1 aliphatic heterocycles. The second-order valence-electron chi connectivity index (χ2n) is 5.06. The first kappa shape index (κ1) is 15.0. The molecule has 0 aromatic heterocycles. The number of methoxy groups -OCH3 is 1. The molecule has 0 radical (unpaired) electrons. The normalized spacial score (nSPS) is 20.8. The molecule has 1 amide bonds. The first-order chi connectivity index (χ1) is 9.44. The number of carbonyl (C=O) groups is 1. The molecule has 20 heavy (non-hydrogen) atoms. The van der Waals surface area contributed by atoms with E-state index in [1.807, 2.05) is 12.1 Å². The van der Waals surface area contributed by atoms with Gasteiger partial charge in [-0.2, -0.15) is 0 Å². The predicted octanol–water partition coefficient (Wildman–Crippen LogP) is 1.09. The lowest BCUT2D eigenvalue weighted by molar-refractivity contribution is 0.0743. The van der Waals surface area contributed by atoms with Gasteiger partial charge in [0.05, 0.1) is 18.1 Å². The quantitative estimate of drug-likeness (QED) is 0.834. The maximum atomic E-state index is 12.5. The van der Waals surface area contributed by atoms with E-state index in [0.717, 1.165) is 5.56 Å². The molecule has 1 fully saturated rings. The van der Waals surface area contributed by atoms with Crippen molar-refractivity contribution in [3.8, 4) is 0 Å². The smallest absolute Gasteiger partial charge is 0.254 e. The minimum Gasteiger partial charge on any atom is -0.380 e. The summed E-state index contributed by atoms with van der Waals surface area (Å²) in [6.07, 6.45) is 0.511. The Hall–Kier alpha value is -1.40. The number of sulfone groups is 1. The van der Waals surface area contributed by atoms with Crippen molar-refractivity contribution in [1.29, 1.82) is 0 Å². The van der Waals surface area contributed by atoms with Gasteiger partial charge in [-0.15, -0.1) is 0 Å². The highest BCUT2D eigenvalue weighted by molar-refractivity contribution is 7.91. The Kier molecular flexibility index (Phi) is 4.45. The molecule has 0 N–H and O–H groups in total. The first-order valence-corrected chi connectivity index (χ1v) is 8.31. The van der Waals surface area contributed by atoms with Crippen molar-refractivity contribution in [3.05, 3.63) is 35.4 Å². The molecule has 0 bridgehead atoms. The van der Waals surface area contributed by atoms with Gasteiger partial charge in [-0.25, -0.2) is 8.42 Å². The second kappa shape index (κ2) is 5.93. The van der Waals surface area contributed by atoms with E-state index in [1.54, 1.807) is 31.2 Å². The Bertz CT molecular complexity index is 597. The van der Waals surface area contributed by atoms with Gasteiger partial charge < -0.3 is 9.64 Å². The summed E-state index contributed by atoms with van der Waals surface area (Å²) < 4.78 is 28.1. The van der Waals surface area contributed by atoms with Crippen molar-refractivity contribution in [2.24, 2.45) is 0 Å². The van der Waals surface area contributed by atoms with Crippen molar-refractivity contribution >= 4 is 15.7 Å². The van der Waals surface area contributed by atoms with Crippen LogP contribution in [0.3, 0.4) is 0 Å². The molecule has 0 aliphatic carbocycles. The maximum absolute atomic E-state index is 12.5. The number of carbonyl (C=O) groups excluding carboxylic acids is 1. The average molecular weight is 297 g/mol. The van der Waals surface area contributed by atoms with Crippen molar-refractivity contribution in [2.45, 2.75) is 19.1 Å². The zero-order chi connectivity index (χ0) is 14.8. The summed E-state index contributed by atoms with van der Waals surface area (Å²) in [5.41, 5.74) is 1.38. The molecular weight excluding hydrogens is 278 g/mol. The van der Waals surface area contributed by atoms with Gasteiger partial charge in [0.25, 0.3) is 5.91 Å². The fourth-order valence-electron chi connectivity index (χ4n) is 2.45. The summed E-state index contributed by atoms with van der Waals surface area (Å²) in [5.74, 6) is 0.0659. The van der Waals surface area contributed by atoms with E-state index in [2.05, 4.69) is 0 Å². The summed E-state index contributed by atoms with van der Waals surface area (Å²) in [4.78, 5) is 14.1. The lowest BCUT2D eigenvalue weighted by atomic mass is 10.1. The van der Waals surface area contributed by atoms with Crippen LogP contribution in [0.15, 0.2) is 24.3 Å². The van der Waals surface area contributed by atoms with Gasteiger partial charge in [-0.3, -0.25) is 4.79 Å². The van der Waals surface area contributed by atoms with E-state index in [1.165, 1.54) is 0 Å². The molecule has 1 unspecified atom stereocenters. The van der Waals surface area contributed by atoms with E-state index >= 15 is 0 Å². The van der Waals surface area contributed by atoms with E-state index < -0.39 is 9.84 Å². The minimum atomic E-state index is -3.00. The van der Waals surface area contributed by atoms with Gasteiger partial charge in [0.2, 0.25) is 0 Å². The standard InChI is InChI=1S/C14H19NO4S/c1-15(12-7-8-20(17,18)10-12)14(16)13-6-4-3-5-11(13)9-19-2/h3-6,12H,7-10H2,1-2H3. The number of ether oxygens (including phenoxy) is 1. The van der Waals surface area contributed by atoms with E-state index in [-0.39, 0.29) is 23.5 Å². The van der Waals surface area contributed by atoms with Gasteiger partial charge in [0.1, 0.15) is 0 Å². The van der Waals surface area contributed by atoms with Gasteiger partial charge in [-0.1, -0.05) is 18.2 Å². The Labute approximate surface area is 119 Å². The Balaban J connectivity index is 2.19. The van der Waals surface area contributed by atoms with Crippen LogP contribution in [0, 0.1) is 0 Å². The highest BCUT2D eigenvalue weighted by atomic mass is 32.2. The van der Waals surface area contributed by atoms with Crippen LogP contribution < -0.4 is 0 Å². The lowest BCUT2D eigenvalue weighted by Gasteiger charge is -2.24. The lowest BCUT2D eigenvalue weighted by Crippen LogP contribution is -2.38. The van der Waals surface area contributed by atoms with Crippen molar-refractivity contribution in [1.82, 2.24) is 4.90 Å². The van der Waals surface area contributed by atoms with Crippen LogP contribution in [0.4, 0.5) is 0 Å². The zero-order valence-corrected chi connectivity index (χ0v) is 12.5. The maximum Gasteiger partial charge on any atom is 0.254 e. The van der Waals surface area contributed by atoms with Crippen LogP contribution >= 0.6 is 0 Å². The van der Waals surface area contributed by atoms with Gasteiger partial charge in [0.15, 0.2) is 9.84 Å². The summed E-state index contributed by atoms with van der Waals surface area (Å²) >= 11 is 0. The monoisotopic (exact) mass is 297 g/mol. The van der Waals surface area contributed by atoms with Gasteiger partial charge >= 0.3 is 0 Å². The SMILES string of the molecule is COCc1ccccc1C(=O)N(C)C1CCS(=O)(=O)C1. The predicted molar refractivity (Wildman–Crippen MR) is 76.3 cm³/mol. The highest BCUT2D eigenvalue weighted by Gasteiger charge is 2.33. The number of rotatable bonds is 4. The molecule has 5 nitrogen and oxygen atoms in total. The van der Waals surface area contributed by atoms with Crippen LogP contribution in [0.2, 0.25) is 0 Å². The summed E-state index contributed by atoms with van der Waals surface area (Å²) in [5, 5.41) is 0. The van der Waals surface area contributed by atoms with Crippen LogP contribution in [0.5, 0.6) is 0 Å². The van der Waals surface area contributed by atoms with Gasteiger partial charge in [-0.05, 0) is 18.1 Å². The van der Waals surface area contributed by atoms with E-state index in [9.17, 15) is 13.2 Å². The number of amides is 1. The van der Waals surface area contributed by atoms with Crippen molar-refractivity contribution < 1.29 is 17.9 Å². The third kappa shape index (κ3) is 3.19. The van der Waals surface area contributed by atoms with Crippen LogP contribution in [0.25, 0.3) is 0 Å². The second-order valence-corrected chi connectivity index (χ2v) is 7.29. The molecule has 1 heterocycles. The molecule has 110 valence electrons. The van der Waals surface area contributed by atoms with Crippen LogP contribution in [0.1, 0.15) is 22.3 Å². The highest BCUT2D eigenvalue weighted by Crippen LogP contribution is 2.20. The van der Waals surface area contributed by atoms with Crippen molar-refractivity contribution in [2.75, 3.05) is 25.7 Å². The van der Waals surface area contributed by atoms with E-state index in [0.29, 0.717) is 18.6 Å². The van der Waals surface area contributed by atoms with Crippen molar-refractivity contribution in [3.63, 3.8) is 0 Å². The molecule has 1 aliphatic rings.